The van der Waals surface area contributed by atoms with E-state index >= 15 is 0 Å². The Balaban J connectivity index is 2.09. The van der Waals surface area contributed by atoms with E-state index in [-0.39, 0.29) is 0 Å². The van der Waals surface area contributed by atoms with Crippen molar-refractivity contribution in [1.29, 1.82) is 0 Å². The standard InChI is InChI=1S/C9H10/c1-3-7-5-8-4-2-6(1)9(7)8/h1-4,6-9H,5H2. The summed E-state index contributed by atoms with van der Waals surface area (Å²) in [4.78, 5) is 0. The molecule has 0 amide bonds. The Morgan fingerprint density at radius 2 is 1.56 bits per heavy atom. The first-order valence-corrected chi connectivity index (χ1v) is 3.82. The molecule has 1 fully saturated rings. The Morgan fingerprint density at radius 1 is 0.889 bits per heavy atom. The summed E-state index contributed by atoms with van der Waals surface area (Å²) in [7, 11) is 0. The predicted molar refractivity (Wildman–Crippen MR) is 36.9 cm³/mol. The quantitative estimate of drug-likeness (QED) is 0.427. The zero-order valence-corrected chi connectivity index (χ0v) is 5.33. The largest absolute Gasteiger partial charge is 0.0845 e. The Hall–Kier alpha value is -0.520. The van der Waals surface area contributed by atoms with Crippen molar-refractivity contribution in [2.24, 2.45) is 23.7 Å². The highest BCUT2D eigenvalue weighted by atomic mass is 14.5. The van der Waals surface area contributed by atoms with Gasteiger partial charge in [0.05, 0.1) is 0 Å². The third kappa shape index (κ3) is 0.346. The van der Waals surface area contributed by atoms with E-state index < -0.39 is 0 Å². The Labute approximate surface area is 55.3 Å². The van der Waals surface area contributed by atoms with Gasteiger partial charge in [0.25, 0.3) is 0 Å². The van der Waals surface area contributed by atoms with E-state index in [2.05, 4.69) is 24.3 Å². The molecular formula is C9H10. The third-order valence-corrected chi connectivity index (χ3v) is 3.14. The second kappa shape index (κ2) is 1.16. The van der Waals surface area contributed by atoms with Gasteiger partial charge in [-0.3, -0.25) is 0 Å². The van der Waals surface area contributed by atoms with Crippen LogP contribution in [0.4, 0.5) is 0 Å². The molecule has 0 nitrogen and oxygen atoms in total. The topological polar surface area (TPSA) is 0 Å². The van der Waals surface area contributed by atoms with Crippen molar-refractivity contribution in [3.63, 3.8) is 0 Å². The summed E-state index contributed by atoms with van der Waals surface area (Å²) in [5, 5.41) is 0. The molecular weight excluding hydrogens is 108 g/mol. The molecule has 0 aliphatic heterocycles. The van der Waals surface area contributed by atoms with Gasteiger partial charge in [0, 0.05) is 0 Å². The molecule has 9 heavy (non-hydrogen) atoms. The van der Waals surface area contributed by atoms with Gasteiger partial charge in [-0.05, 0) is 30.1 Å². The zero-order chi connectivity index (χ0) is 5.84. The lowest BCUT2D eigenvalue weighted by Gasteiger charge is -2.37. The highest BCUT2D eigenvalue weighted by Crippen LogP contribution is 2.54. The van der Waals surface area contributed by atoms with Gasteiger partial charge in [-0.1, -0.05) is 24.3 Å². The second-order valence-electron chi connectivity index (χ2n) is 3.49. The first kappa shape index (κ1) is 4.32. The van der Waals surface area contributed by atoms with E-state index in [4.69, 9.17) is 0 Å². The average molecular weight is 118 g/mol. The predicted octanol–water partition coefficient (Wildman–Crippen LogP) is 1.99. The van der Waals surface area contributed by atoms with Gasteiger partial charge in [-0.25, -0.2) is 0 Å². The maximum Gasteiger partial charge on any atom is -0.00137 e. The fourth-order valence-electron chi connectivity index (χ4n) is 2.60. The molecule has 46 valence electrons. The second-order valence-corrected chi connectivity index (χ2v) is 3.49. The van der Waals surface area contributed by atoms with Gasteiger partial charge in [0.15, 0.2) is 0 Å². The number of rotatable bonds is 0. The van der Waals surface area contributed by atoms with Crippen molar-refractivity contribution >= 4 is 0 Å². The summed E-state index contributed by atoms with van der Waals surface area (Å²) in [6, 6.07) is 0. The smallest absolute Gasteiger partial charge is 0.00137 e. The number of hydrogen-bond donors (Lipinski definition) is 0. The maximum atomic E-state index is 2.41. The van der Waals surface area contributed by atoms with Crippen molar-refractivity contribution in [2.45, 2.75) is 6.42 Å². The van der Waals surface area contributed by atoms with Gasteiger partial charge >= 0.3 is 0 Å². The molecule has 0 spiro atoms. The van der Waals surface area contributed by atoms with Crippen LogP contribution in [0.1, 0.15) is 6.42 Å². The van der Waals surface area contributed by atoms with Crippen LogP contribution in [0, 0.1) is 23.7 Å². The molecule has 0 heterocycles. The normalized spacial score (nSPS) is 57.8. The molecule has 0 aromatic rings. The number of hydrogen-bond acceptors (Lipinski definition) is 0. The van der Waals surface area contributed by atoms with Crippen LogP contribution in [-0.4, -0.2) is 0 Å². The lowest BCUT2D eigenvalue weighted by molar-refractivity contribution is 0.160. The van der Waals surface area contributed by atoms with Crippen LogP contribution < -0.4 is 0 Å². The molecule has 0 saturated heterocycles. The molecule has 0 N–H and O–H groups in total. The summed E-state index contributed by atoms with van der Waals surface area (Å²) in [6.07, 6.45) is 11.0. The first-order chi connectivity index (χ1) is 4.45. The Morgan fingerprint density at radius 3 is 2.11 bits per heavy atom. The number of allylic oxidation sites excluding steroid dienone is 4. The summed E-state index contributed by atoms with van der Waals surface area (Å²) < 4.78 is 0. The van der Waals surface area contributed by atoms with Crippen LogP contribution in [0.3, 0.4) is 0 Å². The third-order valence-electron chi connectivity index (χ3n) is 3.14. The molecule has 3 rings (SSSR count). The van der Waals surface area contributed by atoms with Crippen LogP contribution in [0.15, 0.2) is 24.3 Å². The van der Waals surface area contributed by atoms with E-state index in [9.17, 15) is 0 Å². The highest BCUT2D eigenvalue weighted by Gasteiger charge is 2.47. The molecule has 0 heteroatoms. The first-order valence-electron chi connectivity index (χ1n) is 3.82. The minimum Gasteiger partial charge on any atom is -0.0845 e. The summed E-state index contributed by atoms with van der Waals surface area (Å²) in [5.41, 5.74) is 0. The van der Waals surface area contributed by atoms with Crippen molar-refractivity contribution < 1.29 is 0 Å². The van der Waals surface area contributed by atoms with Crippen molar-refractivity contribution in [2.75, 3.05) is 0 Å². The SMILES string of the molecule is C1=CC2CC3C=CC1C23. The van der Waals surface area contributed by atoms with E-state index in [1.165, 1.54) is 6.42 Å². The molecule has 0 aromatic heterocycles. The molecule has 0 radical (unpaired) electrons. The van der Waals surface area contributed by atoms with E-state index in [0.717, 1.165) is 23.7 Å². The summed E-state index contributed by atoms with van der Waals surface area (Å²) in [5.74, 6) is 3.80. The van der Waals surface area contributed by atoms with E-state index in [1.807, 2.05) is 0 Å². The van der Waals surface area contributed by atoms with Gasteiger partial charge in [-0.2, -0.15) is 0 Å². The fraction of sp³-hybridized carbons (Fsp3) is 0.556. The van der Waals surface area contributed by atoms with Crippen LogP contribution in [0.25, 0.3) is 0 Å². The molecule has 2 unspecified atom stereocenters. The van der Waals surface area contributed by atoms with Crippen molar-refractivity contribution in [3.8, 4) is 0 Å². The molecule has 1 saturated carbocycles. The molecule has 0 bridgehead atoms. The van der Waals surface area contributed by atoms with Crippen LogP contribution in [0.2, 0.25) is 0 Å². The minimum atomic E-state index is 0.841. The zero-order valence-electron chi connectivity index (χ0n) is 5.33. The highest BCUT2D eigenvalue weighted by molar-refractivity contribution is 5.27. The monoisotopic (exact) mass is 118 g/mol. The molecule has 3 aliphatic rings. The van der Waals surface area contributed by atoms with Crippen LogP contribution >= 0.6 is 0 Å². The summed E-state index contributed by atoms with van der Waals surface area (Å²) >= 11 is 0. The van der Waals surface area contributed by atoms with Crippen molar-refractivity contribution in [3.05, 3.63) is 24.3 Å². The van der Waals surface area contributed by atoms with E-state index in [0.29, 0.717) is 0 Å². The Bertz CT molecular complexity index is 180. The molecule has 0 aromatic carbocycles. The molecule has 3 aliphatic carbocycles. The van der Waals surface area contributed by atoms with Crippen LogP contribution in [0.5, 0.6) is 0 Å². The van der Waals surface area contributed by atoms with Gasteiger partial charge in [0.2, 0.25) is 0 Å². The van der Waals surface area contributed by atoms with Gasteiger partial charge in [0.1, 0.15) is 0 Å². The Kier molecular flexibility index (Phi) is 0.555. The molecule has 2 atom stereocenters. The van der Waals surface area contributed by atoms with Gasteiger partial charge in [-0.15, -0.1) is 0 Å². The van der Waals surface area contributed by atoms with Crippen LogP contribution in [-0.2, 0) is 0 Å². The summed E-state index contributed by atoms with van der Waals surface area (Å²) in [6.45, 7) is 0. The van der Waals surface area contributed by atoms with E-state index in [1.54, 1.807) is 0 Å². The lowest BCUT2D eigenvalue weighted by atomic mass is 9.67. The fourth-order valence-corrected chi connectivity index (χ4v) is 2.60. The lowest BCUT2D eigenvalue weighted by Crippen LogP contribution is -2.31. The van der Waals surface area contributed by atoms with Gasteiger partial charge < -0.3 is 0 Å². The maximum absolute atomic E-state index is 2.41. The van der Waals surface area contributed by atoms with Crippen molar-refractivity contribution in [1.82, 2.24) is 0 Å². The average Bonchev–Trinajstić information content (AvgIpc) is 2.13. The minimum absolute atomic E-state index is 0.841.